The van der Waals surface area contributed by atoms with Crippen molar-refractivity contribution in [2.75, 3.05) is 13.2 Å². The van der Waals surface area contributed by atoms with E-state index in [1.807, 2.05) is 27.7 Å². The molecule has 0 aliphatic carbocycles. The van der Waals surface area contributed by atoms with Crippen molar-refractivity contribution in [1.29, 1.82) is 0 Å². The van der Waals surface area contributed by atoms with Crippen LogP contribution in [0.3, 0.4) is 0 Å². The fourth-order valence-corrected chi connectivity index (χ4v) is 5.22. The molecule has 10 heteroatoms. The number of ether oxygens (including phenoxy) is 4. The maximum atomic E-state index is 15.4. The second-order valence-electron chi connectivity index (χ2n) is 9.94. The number of benzene rings is 3. The van der Waals surface area contributed by atoms with Gasteiger partial charge in [0.1, 0.15) is 11.3 Å². The topological polar surface area (TPSA) is 36.9 Å². The summed E-state index contributed by atoms with van der Waals surface area (Å²) in [5.74, 6) is -7.15. The molecule has 5 rings (SSSR count). The molecule has 3 aromatic carbocycles. The maximum absolute atomic E-state index is 15.4. The maximum Gasteiger partial charge on any atom is 0.429 e. The van der Waals surface area contributed by atoms with Gasteiger partial charge >= 0.3 is 6.11 Å². The second kappa shape index (κ2) is 15.5. The van der Waals surface area contributed by atoms with Gasteiger partial charge in [-0.1, -0.05) is 47.1 Å². The number of fused-ring (bicyclic) bond motifs is 2. The average Bonchev–Trinajstić information content (AvgIpc) is 3.02. The molecular formula is C34H40F6O4. The van der Waals surface area contributed by atoms with Crippen molar-refractivity contribution in [2.24, 2.45) is 0 Å². The molecule has 44 heavy (non-hydrogen) atoms. The molecule has 4 nitrogen and oxygen atoms in total. The van der Waals surface area contributed by atoms with Crippen LogP contribution >= 0.6 is 0 Å². The Labute approximate surface area is 255 Å². The standard InChI is InChI=1S/C30H28F6O4.2C2H6/c1-3-5-19-8-6-17(15-38-19)21-13-18-12-16-7-10-22(26(33)28(16)39-29(18)27(34)25(21)32)30(35,36)40-20-9-11-24(37-4-2)23(31)14-20;2*1-2/h7,9-11,13-14,17,19H,3-6,8,12,15H2,1-2H3;2*1-2H3. The van der Waals surface area contributed by atoms with Crippen molar-refractivity contribution in [3.63, 3.8) is 0 Å². The normalized spacial score (nSPS) is 17.1. The fraction of sp³-hybridized carbons (Fsp3) is 0.471. The summed E-state index contributed by atoms with van der Waals surface area (Å²) in [7, 11) is 0. The summed E-state index contributed by atoms with van der Waals surface area (Å²) < 4.78 is 111. The lowest BCUT2D eigenvalue weighted by molar-refractivity contribution is -0.187. The summed E-state index contributed by atoms with van der Waals surface area (Å²) in [6, 6.07) is 6.39. The predicted molar refractivity (Wildman–Crippen MR) is 157 cm³/mol. The summed E-state index contributed by atoms with van der Waals surface area (Å²) in [6.45, 7) is 12.1. The van der Waals surface area contributed by atoms with Crippen LogP contribution in [0.5, 0.6) is 23.0 Å². The predicted octanol–water partition coefficient (Wildman–Crippen LogP) is 10.6. The van der Waals surface area contributed by atoms with Gasteiger partial charge in [0.2, 0.25) is 5.82 Å². The van der Waals surface area contributed by atoms with Crippen LogP contribution in [-0.4, -0.2) is 19.3 Å². The van der Waals surface area contributed by atoms with Gasteiger partial charge in [0.15, 0.2) is 34.7 Å². The third-order valence-electron chi connectivity index (χ3n) is 7.21. The minimum atomic E-state index is -4.24. The highest BCUT2D eigenvalue weighted by Gasteiger charge is 2.41. The van der Waals surface area contributed by atoms with Gasteiger partial charge in [-0.2, -0.15) is 13.2 Å². The van der Waals surface area contributed by atoms with Crippen LogP contribution in [0.4, 0.5) is 26.3 Å². The van der Waals surface area contributed by atoms with Crippen LogP contribution in [0.15, 0.2) is 36.4 Å². The fourth-order valence-electron chi connectivity index (χ4n) is 5.22. The van der Waals surface area contributed by atoms with Gasteiger partial charge in [0.25, 0.3) is 0 Å². The van der Waals surface area contributed by atoms with E-state index in [1.165, 1.54) is 12.1 Å². The van der Waals surface area contributed by atoms with Crippen LogP contribution in [-0.2, 0) is 17.3 Å². The molecule has 0 bridgehead atoms. The van der Waals surface area contributed by atoms with Gasteiger partial charge in [-0.15, -0.1) is 0 Å². The Morgan fingerprint density at radius 1 is 0.841 bits per heavy atom. The molecule has 1 fully saturated rings. The van der Waals surface area contributed by atoms with Gasteiger partial charge in [0, 0.05) is 29.5 Å². The van der Waals surface area contributed by atoms with Crippen molar-refractivity contribution in [1.82, 2.24) is 0 Å². The van der Waals surface area contributed by atoms with Gasteiger partial charge in [-0.05, 0) is 56.0 Å². The molecule has 2 aliphatic heterocycles. The first-order valence-corrected chi connectivity index (χ1v) is 15.2. The number of hydrogen-bond acceptors (Lipinski definition) is 4. The quantitative estimate of drug-likeness (QED) is 0.182. The van der Waals surface area contributed by atoms with E-state index in [0.29, 0.717) is 12.5 Å². The highest BCUT2D eigenvalue weighted by Crippen LogP contribution is 2.46. The molecule has 2 unspecified atom stereocenters. The lowest BCUT2D eigenvalue weighted by Crippen LogP contribution is -2.26. The Morgan fingerprint density at radius 3 is 2.16 bits per heavy atom. The molecule has 0 amide bonds. The third kappa shape index (κ3) is 7.45. The van der Waals surface area contributed by atoms with Crippen LogP contribution in [0.25, 0.3) is 0 Å². The molecule has 0 spiro atoms. The Morgan fingerprint density at radius 2 is 1.55 bits per heavy atom. The van der Waals surface area contributed by atoms with Gasteiger partial charge in [0.05, 0.1) is 19.3 Å². The Bertz CT molecular complexity index is 1400. The molecule has 0 saturated carbocycles. The number of rotatable bonds is 8. The second-order valence-corrected chi connectivity index (χ2v) is 9.94. The molecule has 2 heterocycles. The smallest absolute Gasteiger partial charge is 0.429 e. The van der Waals surface area contributed by atoms with Crippen molar-refractivity contribution in [3.8, 4) is 23.0 Å². The largest absolute Gasteiger partial charge is 0.491 e. The van der Waals surface area contributed by atoms with Crippen molar-refractivity contribution in [2.45, 2.75) is 91.8 Å². The van der Waals surface area contributed by atoms with Crippen molar-refractivity contribution in [3.05, 3.63) is 81.9 Å². The zero-order chi connectivity index (χ0) is 32.6. The van der Waals surface area contributed by atoms with E-state index >= 15 is 22.0 Å². The number of alkyl halides is 2. The van der Waals surface area contributed by atoms with Gasteiger partial charge in [-0.3, -0.25) is 0 Å². The van der Waals surface area contributed by atoms with E-state index in [-0.39, 0.29) is 54.1 Å². The molecule has 0 aromatic heterocycles. The van der Waals surface area contributed by atoms with E-state index in [9.17, 15) is 4.39 Å². The van der Waals surface area contributed by atoms with E-state index in [1.54, 1.807) is 6.92 Å². The summed E-state index contributed by atoms with van der Waals surface area (Å²) in [5, 5.41) is 0. The van der Waals surface area contributed by atoms with Gasteiger partial charge < -0.3 is 18.9 Å². The first kappa shape index (κ1) is 35.1. The molecule has 1 saturated heterocycles. The SMILES string of the molecule is CC.CC.CCCC1CCC(c2cc3c(c(F)c2F)Oc2c(ccc(C(F)(F)Oc4ccc(OCC)c(F)c4)c2F)C3)CO1. The van der Waals surface area contributed by atoms with E-state index < -0.39 is 52.2 Å². The highest BCUT2D eigenvalue weighted by molar-refractivity contribution is 5.54. The highest BCUT2D eigenvalue weighted by atomic mass is 19.3. The monoisotopic (exact) mass is 626 g/mol. The Kier molecular flexibility index (Phi) is 12.4. The van der Waals surface area contributed by atoms with Crippen molar-refractivity contribution >= 4 is 0 Å². The first-order valence-electron chi connectivity index (χ1n) is 15.2. The zero-order valence-corrected chi connectivity index (χ0v) is 26.0. The van der Waals surface area contributed by atoms with Crippen LogP contribution in [0.2, 0.25) is 0 Å². The third-order valence-corrected chi connectivity index (χ3v) is 7.21. The minimum absolute atomic E-state index is 0.0609. The van der Waals surface area contributed by atoms with Crippen LogP contribution in [0.1, 0.15) is 95.4 Å². The first-order chi connectivity index (χ1) is 21.1. The summed E-state index contributed by atoms with van der Waals surface area (Å²) in [4.78, 5) is 0. The van der Waals surface area contributed by atoms with E-state index in [4.69, 9.17) is 14.2 Å². The molecule has 242 valence electrons. The van der Waals surface area contributed by atoms with Crippen LogP contribution < -0.4 is 14.2 Å². The molecule has 0 N–H and O–H groups in total. The molecule has 2 atom stereocenters. The molecule has 0 radical (unpaired) electrons. The minimum Gasteiger partial charge on any atom is -0.491 e. The number of halogens is 6. The molecule has 2 aliphatic rings. The zero-order valence-electron chi connectivity index (χ0n) is 26.0. The summed E-state index contributed by atoms with van der Waals surface area (Å²) in [6.07, 6.45) is -1.00. The van der Waals surface area contributed by atoms with E-state index in [2.05, 4.69) is 11.7 Å². The van der Waals surface area contributed by atoms with Crippen LogP contribution in [0, 0.1) is 23.3 Å². The lowest BCUT2D eigenvalue weighted by atomic mass is 9.87. The average molecular weight is 627 g/mol. The molecule has 3 aromatic rings. The van der Waals surface area contributed by atoms with Crippen molar-refractivity contribution < 1.29 is 45.3 Å². The lowest BCUT2D eigenvalue weighted by Gasteiger charge is -2.31. The Balaban J connectivity index is 0.00000127. The molecular weight excluding hydrogens is 586 g/mol. The van der Waals surface area contributed by atoms with Gasteiger partial charge in [-0.25, -0.2) is 13.2 Å². The summed E-state index contributed by atoms with van der Waals surface area (Å²) in [5.41, 5.74) is -0.603. The summed E-state index contributed by atoms with van der Waals surface area (Å²) >= 11 is 0. The van der Waals surface area contributed by atoms with E-state index in [0.717, 1.165) is 37.5 Å². The Hall–Kier alpha value is -3.40. The number of hydrogen-bond donors (Lipinski definition) is 0.